The molecular weight excluding hydrogens is 150 g/mol. The van der Waals surface area contributed by atoms with Crippen molar-refractivity contribution >= 4 is 0 Å². The molecule has 0 aliphatic heterocycles. The van der Waals surface area contributed by atoms with Gasteiger partial charge in [0.05, 0.1) is 5.60 Å². The Hall–Kier alpha value is -0.0800. The fourth-order valence-corrected chi connectivity index (χ4v) is 1.92. The number of hydrogen-bond donors (Lipinski definition) is 2. The van der Waals surface area contributed by atoms with Crippen LogP contribution in [0.15, 0.2) is 0 Å². The monoisotopic (exact) mass is 171 g/mol. The van der Waals surface area contributed by atoms with E-state index in [1.54, 1.807) is 0 Å². The maximum Gasteiger partial charge on any atom is 0.0771 e. The van der Waals surface area contributed by atoms with Gasteiger partial charge in [-0.05, 0) is 19.4 Å². The SMILES string of the molecule is CCNCC1(O)CCCCCC1. The van der Waals surface area contributed by atoms with E-state index in [0.29, 0.717) is 0 Å². The molecule has 0 aromatic rings. The van der Waals surface area contributed by atoms with Crippen LogP contribution in [0.3, 0.4) is 0 Å². The average Bonchev–Trinajstić information content (AvgIpc) is 2.27. The van der Waals surface area contributed by atoms with Crippen molar-refractivity contribution < 1.29 is 5.11 Å². The van der Waals surface area contributed by atoms with Crippen molar-refractivity contribution in [2.75, 3.05) is 13.1 Å². The molecule has 0 radical (unpaired) electrons. The Morgan fingerprint density at radius 2 is 1.75 bits per heavy atom. The maximum absolute atomic E-state index is 10.1. The van der Waals surface area contributed by atoms with Crippen LogP contribution in [-0.4, -0.2) is 23.8 Å². The van der Waals surface area contributed by atoms with Gasteiger partial charge in [-0.3, -0.25) is 0 Å². The van der Waals surface area contributed by atoms with Crippen LogP contribution < -0.4 is 5.32 Å². The molecule has 2 nitrogen and oxygen atoms in total. The highest BCUT2D eigenvalue weighted by Crippen LogP contribution is 2.26. The summed E-state index contributed by atoms with van der Waals surface area (Å²) < 4.78 is 0. The largest absolute Gasteiger partial charge is 0.389 e. The zero-order valence-electron chi connectivity index (χ0n) is 8.10. The fraction of sp³-hybridized carbons (Fsp3) is 1.00. The van der Waals surface area contributed by atoms with Gasteiger partial charge in [-0.2, -0.15) is 0 Å². The number of aliphatic hydroxyl groups is 1. The molecule has 1 fully saturated rings. The van der Waals surface area contributed by atoms with E-state index in [9.17, 15) is 5.11 Å². The van der Waals surface area contributed by atoms with Crippen LogP contribution in [0, 0.1) is 0 Å². The lowest BCUT2D eigenvalue weighted by molar-refractivity contribution is 0.0258. The van der Waals surface area contributed by atoms with Crippen LogP contribution in [-0.2, 0) is 0 Å². The van der Waals surface area contributed by atoms with Gasteiger partial charge < -0.3 is 10.4 Å². The van der Waals surface area contributed by atoms with E-state index in [2.05, 4.69) is 12.2 Å². The third-order valence-corrected chi connectivity index (χ3v) is 2.74. The molecule has 0 bridgehead atoms. The van der Waals surface area contributed by atoms with Crippen LogP contribution in [0.4, 0.5) is 0 Å². The fourth-order valence-electron chi connectivity index (χ4n) is 1.92. The molecule has 12 heavy (non-hydrogen) atoms. The zero-order chi connectivity index (χ0) is 8.86. The van der Waals surface area contributed by atoms with Gasteiger partial charge in [0.1, 0.15) is 0 Å². The second kappa shape index (κ2) is 4.83. The van der Waals surface area contributed by atoms with Crippen molar-refractivity contribution in [3.63, 3.8) is 0 Å². The van der Waals surface area contributed by atoms with Crippen molar-refractivity contribution in [3.05, 3.63) is 0 Å². The van der Waals surface area contributed by atoms with Gasteiger partial charge in [0.2, 0.25) is 0 Å². The number of likely N-dealkylation sites (N-methyl/N-ethyl adjacent to an activating group) is 1. The summed E-state index contributed by atoms with van der Waals surface area (Å²) in [5.41, 5.74) is -0.396. The zero-order valence-corrected chi connectivity index (χ0v) is 8.10. The Labute approximate surface area is 75.4 Å². The summed E-state index contributed by atoms with van der Waals surface area (Å²) in [6.07, 6.45) is 6.96. The topological polar surface area (TPSA) is 32.3 Å². The summed E-state index contributed by atoms with van der Waals surface area (Å²) in [5, 5.41) is 13.4. The molecule has 0 aromatic carbocycles. The first-order valence-electron chi connectivity index (χ1n) is 5.20. The third-order valence-electron chi connectivity index (χ3n) is 2.74. The highest BCUT2D eigenvalue weighted by Gasteiger charge is 2.26. The summed E-state index contributed by atoms with van der Waals surface area (Å²) in [6, 6.07) is 0. The predicted molar refractivity (Wildman–Crippen MR) is 51.2 cm³/mol. The Bertz CT molecular complexity index is 117. The quantitative estimate of drug-likeness (QED) is 0.633. The predicted octanol–water partition coefficient (Wildman–Crippen LogP) is 1.68. The van der Waals surface area contributed by atoms with E-state index in [0.717, 1.165) is 25.9 Å². The molecule has 2 N–H and O–H groups in total. The first-order valence-corrected chi connectivity index (χ1v) is 5.20. The van der Waals surface area contributed by atoms with Crippen molar-refractivity contribution in [1.29, 1.82) is 0 Å². The first kappa shape index (κ1) is 10.0. The van der Waals surface area contributed by atoms with Gasteiger partial charge in [0.15, 0.2) is 0 Å². The smallest absolute Gasteiger partial charge is 0.0771 e. The summed E-state index contributed by atoms with van der Waals surface area (Å²) in [6.45, 7) is 3.83. The molecule has 1 aliphatic carbocycles. The maximum atomic E-state index is 10.1. The lowest BCUT2D eigenvalue weighted by Crippen LogP contribution is -2.40. The highest BCUT2D eigenvalue weighted by atomic mass is 16.3. The number of rotatable bonds is 3. The third kappa shape index (κ3) is 3.11. The Kier molecular flexibility index (Phi) is 4.02. The Morgan fingerprint density at radius 3 is 2.25 bits per heavy atom. The van der Waals surface area contributed by atoms with Crippen LogP contribution in [0.25, 0.3) is 0 Å². The summed E-state index contributed by atoms with van der Waals surface area (Å²) in [5.74, 6) is 0. The number of hydrogen-bond acceptors (Lipinski definition) is 2. The molecule has 0 atom stereocenters. The van der Waals surface area contributed by atoms with Crippen LogP contribution in [0.1, 0.15) is 45.4 Å². The number of nitrogens with one attached hydrogen (secondary N) is 1. The van der Waals surface area contributed by atoms with Gasteiger partial charge in [0.25, 0.3) is 0 Å². The molecule has 72 valence electrons. The molecule has 1 saturated carbocycles. The molecule has 0 spiro atoms. The van der Waals surface area contributed by atoms with Crippen LogP contribution >= 0.6 is 0 Å². The molecule has 1 aliphatic rings. The van der Waals surface area contributed by atoms with E-state index in [1.165, 1.54) is 25.7 Å². The minimum Gasteiger partial charge on any atom is -0.389 e. The van der Waals surface area contributed by atoms with Gasteiger partial charge in [-0.1, -0.05) is 32.6 Å². The normalized spacial score (nSPS) is 23.5. The van der Waals surface area contributed by atoms with E-state index in [-0.39, 0.29) is 0 Å². The first-order chi connectivity index (χ1) is 5.77. The van der Waals surface area contributed by atoms with Crippen molar-refractivity contribution in [2.24, 2.45) is 0 Å². The van der Waals surface area contributed by atoms with Crippen molar-refractivity contribution in [1.82, 2.24) is 5.32 Å². The average molecular weight is 171 g/mol. The summed E-state index contributed by atoms with van der Waals surface area (Å²) >= 11 is 0. The van der Waals surface area contributed by atoms with E-state index in [4.69, 9.17) is 0 Å². The standard InChI is InChI=1S/C10H21NO/c1-2-11-9-10(12)7-5-3-4-6-8-10/h11-12H,2-9H2,1H3. The van der Waals surface area contributed by atoms with Crippen LogP contribution in [0.2, 0.25) is 0 Å². The highest BCUT2D eigenvalue weighted by molar-refractivity contribution is 4.82. The van der Waals surface area contributed by atoms with Crippen LogP contribution in [0.5, 0.6) is 0 Å². The molecule has 2 heteroatoms. The minimum atomic E-state index is -0.396. The molecule has 0 heterocycles. The van der Waals surface area contributed by atoms with Gasteiger partial charge in [-0.15, -0.1) is 0 Å². The molecular formula is C10H21NO. The second-order valence-electron chi connectivity index (χ2n) is 3.92. The molecule has 0 amide bonds. The van der Waals surface area contributed by atoms with Gasteiger partial charge in [0, 0.05) is 6.54 Å². The molecule has 0 unspecified atom stereocenters. The summed E-state index contributed by atoms with van der Waals surface area (Å²) in [4.78, 5) is 0. The van der Waals surface area contributed by atoms with E-state index < -0.39 is 5.60 Å². The molecule has 1 rings (SSSR count). The summed E-state index contributed by atoms with van der Waals surface area (Å²) in [7, 11) is 0. The second-order valence-corrected chi connectivity index (χ2v) is 3.92. The molecule has 0 aromatic heterocycles. The Balaban J connectivity index is 2.32. The minimum absolute atomic E-state index is 0.396. The van der Waals surface area contributed by atoms with Crippen molar-refractivity contribution in [2.45, 2.75) is 51.0 Å². The molecule has 0 saturated heterocycles. The van der Waals surface area contributed by atoms with E-state index >= 15 is 0 Å². The lowest BCUT2D eigenvalue weighted by Gasteiger charge is -2.26. The van der Waals surface area contributed by atoms with E-state index in [1.807, 2.05) is 0 Å². The van der Waals surface area contributed by atoms with Gasteiger partial charge in [-0.25, -0.2) is 0 Å². The lowest BCUT2D eigenvalue weighted by atomic mass is 9.94. The Morgan fingerprint density at radius 1 is 1.17 bits per heavy atom. The van der Waals surface area contributed by atoms with Crippen molar-refractivity contribution in [3.8, 4) is 0 Å². The van der Waals surface area contributed by atoms with Gasteiger partial charge >= 0.3 is 0 Å².